The van der Waals surface area contributed by atoms with Gasteiger partial charge in [0, 0.05) is 23.7 Å². The Hall–Kier alpha value is -1.90. The first-order valence-electron chi connectivity index (χ1n) is 7.94. The lowest BCUT2D eigenvalue weighted by molar-refractivity contribution is 0.470. The molecule has 2 heterocycles. The third-order valence-corrected chi connectivity index (χ3v) is 4.80. The number of nitrogens with zero attached hydrogens (tertiary/aromatic N) is 3. The van der Waals surface area contributed by atoms with Crippen LogP contribution in [0.15, 0.2) is 30.3 Å². The number of benzene rings is 1. The number of hydrogen-bond donors (Lipinski definition) is 0. The topological polar surface area (TPSA) is 29.0 Å². The standard InChI is InChI=1S/C18H21N3/c1-12-10-15-16(11-12)19-18(21-9-8-13(21)2)20-17(15)14-6-4-3-5-7-14/h3-7,12-13H,8-11H2,1-2H3/t12?,13-/m0/s1. The molecular formula is C18H21N3. The molecule has 3 nitrogen and oxygen atoms in total. The van der Waals surface area contributed by atoms with Gasteiger partial charge in [-0.15, -0.1) is 0 Å². The van der Waals surface area contributed by atoms with Crippen LogP contribution in [-0.2, 0) is 12.8 Å². The highest BCUT2D eigenvalue weighted by Gasteiger charge is 2.30. The van der Waals surface area contributed by atoms with Crippen LogP contribution in [0, 0.1) is 5.92 Å². The minimum Gasteiger partial charge on any atom is -0.338 e. The van der Waals surface area contributed by atoms with Gasteiger partial charge in [-0.05, 0) is 32.1 Å². The molecule has 0 N–H and O–H groups in total. The van der Waals surface area contributed by atoms with Crippen molar-refractivity contribution in [3.63, 3.8) is 0 Å². The SMILES string of the molecule is CC1Cc2nc(N3CC[C@@H]3C)nc(-c3ccccc3)c2C1. The fourth-order valence-corrected chi connectivity index (χ4v) is 3.43. The Bertz CT molecular complexity index is 666. The van der Waals surface area contributed by atoms with Crippen molar-refractivity contribution in [3.05, 3.63) is 41.6 Å². The number of aromatic nitrogens is 2. The molecule has 21 heavy (non-hydrogen) atoms. The minimum absolute atomic E-state index is 0.575. The molecule has 1 aromatic carbocycles. The lowest BCUT2D eigenvalue weighted by Gasteiger charge is -2.39. The molecule has 1 unspecified atom stereocenters. The Morgan fingerprint density at radius 3 is 2.52 bits per heavy atom. The largest absolute Gasteiger partial charge is 0.338 e. The summed E-state index contributed by atoms with van der Waals surface area (Å²) in [7, 11) is 0. The van der Waals surface area contributed by atoms with Gasteiger partial charge in [0.25, 0.3) is 0 Å². The summed E-state index contributed by atoms with van der Waals surface area (Å²) in [6, 6.07) is 11.1. The van der Waals surface area contributed by atoms with Crippen LogP contribution in [0.5, 0.6) is 0 Å². The van der Waals surface area contributed by atoms with E-state index in [0.29, 0.717) is 12.0 Å². The highest BCUT2D eigenvalue weighted by molar-refractivity contribution is 5.66. The highest BCUT2D eigenvalue weighted by Crippen LogP contribution is 2.35. The van der Waals surface area contributed by atoms with E-state index in [0.717, 1.165) is 31.0 Å². The fourth-order valence-electron chi connectivity index (χ4n) is 3.43. The smallest absolute Gasteiger partial charge is 0.226 e. The summed E-state index contributed by atoms with van der Waals surface area (Å²) in [6.45, 7) is 5.65. The number of anilines is 1. The summed E-state index contributed by atoms with van der Waals surface area (Å²) >= 11 is 0. The van der Waals surface area contributed by atoms with Crippen LogP contribution >= 0.6 is 0 Å². The Morgan fingerprint density at radius 1 is 1.05 bits per heavy atom. The first-order chi connectivity index (χ1) is 10.2. The second-order valence-electron chi connectivity index (χ2n) is 6.51. The summed E-state index contributed by atoms with van der Waals surface area (Å²) in [4.78, 5) is 12.1. The quantitative estimate of drug-likeness (QED) is 0.843. The number of rotatable bonds is 2. The molecule has 2 aliphatic rings. The summed E-state index contributed by atoms with van der Waals surface area (Å²) in [5.74, 6) is 1.61. The first-order valence-corrected chi connectivity index (χ1v) is 7.94. The molecule has 0 bridgehead atoms. The van der Waals surface area contributed by atoms with Crippen molar-refractivity contribution in [2.75, 3.05) is 11.4 Å². The van der Waals surface area contributed by atoms with E-state index in [1.165, 1.54) is 23.2 Å². The molecule has 2 atom stereocenters. The van der Waals surface area contributed by atoms with E-state index in [1.807, 2.05) is 0 Å². The molecule has 0 saturated carbocycles. The van der Waals surface area contributed by atoms with Crippen molar-refractivity contribution in [1.82, 2.24) is 9.97 Å². The fraction of sp³-hybridized carbons (Fsp3) is 0.444. The van der Waals surface area contributed by atoms with Gasteiger partial charge in [0.05, 0.1) is 11.4 Å². The van der Waals surface area contributed by atoms with E-state index < -0.39 is 0 Å². The zero-order chi connectivity index (χ0) is 14.4. The van der Waals surface area contributed by atoms with E-state index >= 15 is 0 Å². The van der Waals surface area contributed by atoms with Gasteiger partial charge in [-0.3, -0.25) is 0 Å². The van der Waals surface area contributed by atoms with E-state index in [2.05, 4.69) is 49.1 Å². The monoisotopic (exact) mass is 279 g/mol. The van der Waals surface area contributed by atoms with Crippen LogP contribution in [0.1, 0.15) is 31.5 Å². The van der Waals surface area contributed by atoms with Crippen molar-refractivity contribution < 1.29 is 0 Å². The second-order valence-corrected chi connectivity index (χ2v) is 6.51. The molecule has 0 spiro atoms. The van der Waals surface area contributed by atoms with Gasteiger partial charge in [0.1, 0.15) is 0 Å². The predicted molar refractivity (Wildman–Crippen MR) is 85.5 cm³/mol. The normalized spacial score (nSPS) is 23.8. The summed E-state index contributed by atoms with van der Waals surface area (Å²) in [5.41, 5.74) is 5.01. The van der Waals surface area contributed by atoms with Crippen molar-refractivity contribution in [3.8, 4) is 11.3 Å². The zero-order valence-electron chi connectivity index (χ0n) is 12.7. The number of hydrogen-bond acceptors (Lipinski definition) is 3. The molecular weight excluding hydrogens is 258 g/mol. The molecule has 1 aliphatic carbocycles. The summed E-state index contributed by atoms with van der Waals surface area (Å²) in [5, 5.41) is 0. The second kappa shape index (κ2) is 4.83. The average Bonchev–Trinajstić information content (AvgIpc) is 2.86. The van der Waals surface area contributed by atoms with Gasteiger partial charge in [-0.1, -0.05) is 37.3 Å². The molecule has 1 aromatic heterocycles. The Balaban J connectivity index is 1.85. The molecule has 1 aliphatic heterocycles. The summed E-state index contributed by atoms with van der Waals surface area (Å²) < 4.78 is 0. The first kappa shape index (κ1) is 12.8. The van der Waals surface area contributed by atoms with Gasteiger partial charge in [0.15, 0.2) is 0 Å². The van der Waals surface area contributed by atoms with Crippen molar-refractivity contribution in [1.29, 1.82) is 0 Å². The van der Waals surface area contributed by atoms with E-state index in [1.54, 1.807) is 0 Å². The maximum absolute atomic E-state index is 4.94. The Labute approximate surface area is 126 Å². The molecule has 108 valence electrons. The molecule has 2 aromatic rings. The van der Waals surface area contributed by atoms with Crippen LogP contribution in [-0.4, -0.2) is 22.6 Å². The predicted octanol–water partition coefficient (Wildman–Crippen LogP) is 3.48. The molecule has 0 amide bonds. The van der Waals surface area contributed by atoms with Crippen LogP contribution in [0.25, 0.3) is 11.3 Å². The third-order valence-electron chi connectivity index (χ3n) is 4.80. The van der Waals surface area contributed by atoms with Gasteiger partial charge < -0.3 is 4.90 Å². The van der Waals surface area contributed by atoms with Gasteiger partial charge in [0.2, 0.25) is 5.95 Å². The lowest BCUT2D eigenvalue weighted by atomic mass is 10.0. The van der Waals surface area contributed by atoms with Crippen LogP contribution in [0.3, 0.4) is 0 Å². The zero-order valence-corrected chi connectivity index (χ0v) is 12.7. The van der Waals surface area contributed by atoms with E-state index in [-0.39, 0.29) is 0 Å². The van der Waals surface area contributed by atoms with Crippen LogP contribution < -0.4 is 4.90 Å². The summed E-state index contributed by atoms with van der Waals surface area (Å²) in [6.07, 6.45) is 3.44. The van der Waals surface area contributed by atoms with Gasteiger partial charge in [-0.25, -0.2) is 9.97 Å². The molecule has 1 fully saturated rings. The van der Waals surface area contributed by atoms with Gasteiger partial charge >= 0.3 is 0 Å². The molecule has 0 radical (unpaired) electrons. The Morgan fingerprint density at radius 2 is 1.86 bits per heavy atom. The maximum atomic E-state index is 4.94. The Kier molecular flexibility index (Phi) is 2.95. The molecule has 1 saturated heterocycles. The van der Waals surface area contributed by atoms with E-state index in [4.69, 9.17) is 9.97 Å². The average molecular weight is 279 g/mol. The molecule has 4 rings (SSSR count). The molecule has 3 heteroatoms. The lowest BCUT2D eigenvalue weighted by Crippen LogP contribution is -2.46. The van der Waals surface area contributed by atoms with Crippen LogP contribution in [0.4, 0.5) is 5.95 Å². The van der Waals surface area contributed by atoms with Crippen molar-refractivity contribution >= 4 is 5.95 Å². The van der Waals surface area contributed by atoms with Crippen molar-refractivity contribution in [2.24, 2.45) is 5.92 Å². The minimum atomic E-state index is 0.575. The van der Waals surface area contributed by atoms with Crippen LogP contribution in [0.2, 0.25) is 0 Å². The number of fused-ring (bicyclic) bond motifs is 1. The third kappa shape index (κ3) is 2.11. The van der Waals surface area contributed by atoms with Gasteiger partial charge in [-0.2, -0.15) is 0 Å². The van der Waals surface area contributed by atoms with Crippen molar-refractivity contribution in [2.45, 2.75) is 39.2 Å². The highest BCUT2D eigenvalue weighted by atomic mass is 15.3. The van der Waals surface area contributed by atoms with E-state index in [9.17, 15) is 0 Å². The maximum Gasteiger partial charge on any atom is 0.226 e.